The second-order valence-corrected chi connectivity index (χ2v) is 3.81. The van der Waals surface area contributed by atoms with E-state index in [0.717, 1.165) is 0 Å². The normalized spacial score (nSPS) is 8.75. The number of hydrogen-bond donors (Lipinski definition) is 0. The summed E-state index contributed by atoms with van der Waals surface area (Å²) >= 11 is 0. The lowest BCUT2D eigenvalue weighted by molar-refractivity contribution is -0.122. The van der Waals surface area contributed by atoms with Crippen LogP contribution in [-0.4, -0.2) is 23.1 Å². The van der Waals surface area contributed by atoms with Gasteiger partial charge in [-0.15, -0.1) is 0 Å². The van der Waals surface area contributed by atoms with Gasteiger partial charge in [0.25, 0.3) is 0 Å². The number of Topliss-reactive ketones (excluding diaryl/α,β-unsaturated/α-hetero) is 4. The summed E-state index contributed by atoms with van der Waals surface area (Å²) in [6, 6.07) is 0. The smallest absolute Gasteiger partial charge is 0.130 e. The molecule has 0 aromatic rings. The molecule has 0 heterocycles. The summed E-state index contributed by atoms with van der Waals surface area (Å²) in [6.07, 6.45) is 1.59. The first kappa shape index (κ1) is 17.1. The Bertz CT molecular complexity index is 210. The predicted octanol–water partition coefficient (Wildman–Crippen LogP) is 1.89. The second-order valence-electron chi connectivity index (χ2n) is 3.81. The zero-order valence-electron chi connectivity index (χ0n) is 10.5. The molecule has 0 saturated carbocycles. The minimum Gasteiger partial charge on any atom is -0.300 e. The van der Waals surface area contributed by atoms with Crippen molar-refractivity contribution in [2.45, 2.75) is 53.4 Å². The van der Waals surface area contributed by atoms with E-state index >= 15 is 0 Å². The predicted molar refractivity (Wildman–Crippen MR) is 61.2 cm³/mol. The van der Waals surface area contributed by atoms with Crippen LogP contribution in [0.2, 0.25) is 0 Å². The van der Waals surface area contributed by atoms with Crippen LogP contribution in [0.5, 0.6) is 0 Å². The molecule has 0 atom stereocenters. The van der Waals surface area contributed by atoms with Gasteiger partial charge in [-0.25, -0.2) is 0 Å². The summed E-state index contributed by atoms with van der Waals surface area (Å²) in [6.45, 7) is 5.96. The van der Waals surface area contributed by atoms with Crippen LogP contribution in [0.3, 0.4) is 0 Å². The highest BCUT2D eigenvalue weighted by molar-refractivity contribution is 5.83. The molecule has 92 valence electrons. The average molecular weight is 228 g/mol. The molecule has 0 aliphatic rings. The summed E-state index contributed by atoms with van der Waals surface area (Å²) in [4.78, 5) is 40.8. The van der Waals surface area contributed by atoms with Gasteiger partial charge in [0, 0.05) is 25.7 Å². The van der Waals surface area contributed by atoms with Crippen LogP contribution in [0.4, 0.5) is 0 Å². The average Bonchev–Trinajstić information content (AvgIpc) is 2.12. The van der Waals surface area contributed by atoms with Crippen molar-refractivity contribution in [3.05, 3.63) is 0 Å². The van der Waals surface area contributed by atoms with Gasteiger partial charge in [0.1, 0.15) is 23.1 Å². The maximum atomic E-state index is 10.2. The van der Waals surface area contributed by atoms with Gasteiger partial charge in [-0.05, 0) is 27.7 Å². The Kier molecular flexibility index (Phi) is 10.9. The van der Waals surface area contributed by atoms with Crippen LogP contribution < -0.4 is 0 Å². The zero-order chi connectivity index (χ0) is 13.1. The van der Waals surface area contributed by atoms with Crippen LogP contribution in [-0.2, 0) is 19.2 Å². The second kappa shape index (κ2) is 10.2. The molecule has 4 nitrogen and oxygen atoms in total. The van der Waals surface area contributed by atoms with E-state index in [-0.39, 0.29) is 23.1 Å². The van der Waals surface area contributed by atoms with Crippen LogP contribution in [0, 0.1) is 0 Å². The molecule has 0 radical (unpaired) electrons. The fourth-order valence-corrected chi connectivity index (χ4v) is 0.704. The summed E-state index contributed by atoms with van der Waals surface area (Å²) in [5.74, 6) is 0.334. The highest BCUT2D eigenvalue weighted by atomic mass is 16.1. The molecule has 4 heteroatoms. The highest BCUT2D eigenvalue weighted by Gasteiger charge is 1.95. The van der Waals surface area contributed by atoms with Gasteiger partial charge in [0.15, 0.2) is 0 Å². The minimum absolute atomic E-state index is 0.0835. The van der Waals surface area contributed by atoms with E-state index in [1.54, 1.807) is 0 Å². The zero-order valence-corrected chi connectivity index (χ0v) is 10.5. The van der Waals surface area contributed by atoms with E-state index in [9.17, 15) is 19.2 Å². The van der Waals surface area contributed by atoms with E-state index in [4.69, 9.17) is 0 Å². The molecule has 0 bridgehead atoms. The molecule has 0 unspecified atom stereocenters. The number of carbonyl (C=O) groups is 4. The van der Waals surface area contributed by atoms with E-state index in [2.05, 4.69) is 0 Å². The summed E-state index contributed by atoms with van der Waals surface area (Å²) in [7, 11) is 0. The Balaban J connectivity index is 0. The first-order chi connectivity index (χ1) is 7.25. The topological polar surface area (TPSA) is 68.3 Å². The van der Waals surface area contributed by atoms with Crippen molar-refractivity contribution < 1.29 is 19.2 Å². The third-order valence-electron chi connectivity index (χ3n) is 1.66. The molecule has 0 amide bonds. The molecule has 0 spiro atoms. The maximum Gasteiger partial charge on any atom is 0.130 e. The van der Waals surface area contributed by atoms with Crippen LogP contribution in [0.25, 0.3) is 0 Å². The summed E-state index contributed by atoms with van der Waals surface area (Å²) in [5, 5.41) is 0. The molecule has 0 saturated heterocycles. The number of hydrogen-bond acceptors (Lipinski definition) is 4. The first-order valence-electron chi connectivity index (χ1n) is 5.23. The molecule has 0 rings (SSSR count). The molecule has 16 heavy (non-hydrogen) atoms. The molecule has 0 aliphatic carbocycles. The molecule has 0 N–H and O–H groups in total. The van der Waals surface area contributed by atoms with Crippen molar-refractivity contribution in [2.24, 2.45) is 0 Å². The standard InChI is InChI=1S/2C6H10O2/c2*1-5(7)3-4-6(2)8/h2*3-4H2,1-2H3. The van der Waals surface area contributed by atoms with Crippen LogP contribution in [0.1, 0.15) is 53.4 Å². The lowest BCUT2D eigenvalue weighted by Crippen LogP contribution is -1.95. The van der Waals surface area contributed by atoms with Gasteiger partial charge in [0.2, 0.25) is 0 Å². The van der Waals surface area contributed by atoms with Crippen LogP contribution in [0.15, 0.2) is 0 Å². The molecular weight excluding hydrogens is 208 g/mol. The van der Waals surface area contributed by atoms with E-state index in [1.807, 2.05) is 0 Å². The van der Waals surface area contributed by atoms with Crippen molar-refractivity contribution in [2.75, 3.05) is 0 Å². The fraction of sp³-hybridized carbons (Fsp3) is 0.667. The van der Waals surface area contributed by atoms with Crippen molar-refractivity contribution in [1.29, 1.82) is 0 Å². The number of rotatable bonds is 6. The SMILES string of the molecule is CC(=O)CCC(C)=O.CC(=O)CCC(C)=O. The Labute approximate surface area is 96.4 Å². The van der Waals surface area contributed by atoms with E-state index < -0.39 is 0 Å². The summed E-state index contributed by atoms with van der Waals surface area (Å²) < 4.78 is 0. The monoisotopic (exact) mass is 228 g/mol. The fourth-order valence-electron chi connectivity index (χ4n) is 0.704. The maximum absolute atomic E-state index is 10.2. The van der Waals surface area contributed by atoms with Crippen molar-refractivity contribution in [3.8, 4) is 0 Å². The lowest BCUT2D eigenvalue weighted by atomic mass is 10.2. The Morgan fingerprint density at radius 2 is 0.625 bits per heavy atom. The van der Waals surface area contributed by atoms with E-state index in [1.165, 1.54) is 27.7 Å². The van der Waals surface area contributed by atoms with Gasteiger partial charge < -0.3 is 19.2 Å². The Morgan fingerprint density at radius 3 is 0.688 bits per heavy atom. The summed E-state index contributed by atoms with van der Waals surface area (Å²) in [5.41, 5.74) is 0. The Hall–Kier alpha value is -1.32. The van der Waals surface area contributed by atoms with Gasteiger partial charge in [-0.3, -0.25) is 0 Å². The minimum atomic E-state index is 0.0835. The Morgan fingerprint density at radius 1 is 0.500 bits per heavy atom. The third-order valence-corrected chi connectivity index (χ3v) is 1.66. The van der Waals surface area contributed by atoms with Gasteiger partial charge >= 0.3 is 0 Å². The highest BCUT2D eigenvalue weighted by Crippen LogP contribution is 1.90. The number of ketones is 4. The molecule has 0 aliphatic heterocycles. The third kappa shape index (κ3) is 23.0. The molecule has 0 fully saturated rings. The number of carbonyl (C=O) groups excluding carboxylic acids is 4. The van der Waals surface area contributed by atoms with Gasteiger partial charge in [-0.1, -0.05) is 0 Å². The quantitative estimate of drug-likeness (QED) is 0.696. The van der Waals surface area contributed by atoms with Crippen molar-refractivity contribution >= 4 is 23.1 Å². The molecule has 0 aromatic carbocycles. The lowest BCUT2D eigenvalue weighted by Gasteiger charge is -1.86. The van der Waals surface area contributed by atoms with Crippen molar-refractivity contribution in [3.63, 3.8) is 0 Å². The van der Waals surface area contributed by atoms with Gasteiger partial charge in [-0.2, -0.15) is 0 Å². The van der Waals surface area contributed by atoms with Crippen LogP contribution >= 0.6 is 0 Å². The first-order valence-corrected chi connectivity index (χ1v) is 5.23. The molecular formula is C12H20O4. The van der Waals surface area contributed by atoms with E-state index in [0.29, 0.717) is 25.7 Å². The van der Waals surface area contributed by atoms with Crippen molar-refractivity contribution in [1.82, 2.24) is 0 Å². The molecule has 0 aromatic heterocycles. The van der Waals surface area contributed by atoms with Gasteiger partial charge in [0.05, 0.1) is 0 Å². The largest absolute Gasteiger partial charge is 0.300 e.